The smallest absolute Gasteiger partial charge is 0.381 e. The van der Waals surface area contributed by atoms with Crippen LogP contribution in [0.15, 0.2) is 12.3 Å². The molecule has 0 saturated carbocycles. The van der Waals surface area contributed by atoms with E-state index in [1.165, 1.54) is 0 Å². The Labute approximate surface area is 96.2 Å². The summed E-state index contributed by atoms with van der Waals surface area (Å²) in [6.45, 7) is 1.22. The van der Waals surface area contributed by atoms with Crippen LogP contribution in [0.4, 0.5) is 19.1 Å². The quantitative estimate of drug-likeness (QED) is 0.869. The number of halogens is 3. The molecule has 0 spiro atoms. The number of rotatable bonds is 2. The molecule has 0 unspecified atom stereocenters. The SMILES string of the molecule is FC(F)(F)c1ccnc(NC2CCOCC2)n1. The first-order valence-corrected chi connectivity index (χ1v) is 5.30. The average molecular weight is 247 g/mol. The van der Waals surface area contributed by atoms with Gasteiger partial charge in [-0.05, 0) is 18.9 Å². The molecule has 1 saturated heterocycles. The van der Waals surface area contributed by atoms with Gasteiger partial charge in [-0.2, -0.15) is 13.2 Å². The molecule has 0 radical (unpaired) electrons. The first-order chi connectivity index (χ1) is 8.05. The highest BCUT2D eigenvalue weighted by Gasteiger charge is 2.32. The van der Waals surface area contributed by atoms with Gasteiger partial charge in [-0.25, -0.2) is 9.97 Å². The second-order valence-corrected chi connectivity index (χ2v) is 3.79. The van der Waals surface area contributed by atoms with Crippen molar-refractivity contribution in [1.82, 2.24) is 9.97 Å². The van der Waals surface area contributed by atoms with Crippen molar-refractivity contribution in [2.45, 2.75) is 25.1 Å². The largest absolute Gasteiger partial charge is 0.433 e. The first kappa shape index (κ1) is 12.1. The molecule has 2 rings (SSSR count). The third-order valence-electron chi connectivity index (χ3n) is 2.50. The minimum Gasteiger partial charge on any atom is -0.381 e. The van der Waals surface area contributed by atoms with Crippen LogP contribution in [0.5, 0.6) is 0 Å². The van der Waals surface area contributed by atoms with Crippen LogP contribution < -0.4 is 5.32 Å². The van der Waals surface area contributed by atoms with Crippen LogP contribution in [-0.4, -0.2) is 29.2 Å². The number of anilines is 1. The first-order valence-electron chi connectivity index (χ1n) is 5.30. The minimum atomic E-state index is -4.44. The van der Waals surface area contributed by atoms with E-state index in [2.05, 4.69) is 15.3 Å². The van der Waals surface area contributed by atoms with Crippen molar-refractivity contribution in [3.8, 4) is 0 Å². The Morgan fingerprint density at radius 3 is 2.65 bits per heavy atom. The Balaban J connectivity index is 2.05. The molecule has 94 valence electrons. The molecule has 1 aromatic rings. The van der Waals surface area contributed by atoms with Crippen molar-refractivity contribution in [3.05, 3.63) is 18.0 Å². The third kappa shape index (κ3) is 3.29. The van der Waals surface area contributed by atoms with Crippen molar-refractivity contribution in [1.29, 1.82) is 0 Å². The molecule has 0 atom stereocenters. The van der Waals surface area contributed by atoms with Crippen LogP contribution in [0.3, 0.4) is 0 Å². The maximum absolute atomic E-state index is 12.4. The zero-order chi connectivity index (χ0) is 12.3. The van der Waals surface area contributed by atoms with Crippen molar-refractivity contribution in [3.63, 3.8) is 0 Å². The summed E-state index contributed by atoms with van der Waals surface area (Å²) >= 11 is 0. The summed E-state index contributed by atoms with van der Waals surface area (Å²) < 4.78 is 42.4. The van der Waals surface area contributed by atoms with Gasteiger partial charge in [0.15, 0.2) is 0 Å². The zero-order valence-electron chi connectivity index (χ0n) is 9.00. The molecule has 0 aromatic carbocycles. The van der Waals surface area contributed by atoms with Gasteiger partial charge in [0.2, 0.25) is 5.95 Å². The van der Waals surface area contributed by atoms with Crippen LogP contribution in [0.2, 0.25) is 0 Å². The standard InChI is InChI=1S/C10H12F3N3O/c11-10(12,13)8-1-4-14-9(16-8)15-7-2-5-17-6-3-7/h1,4,7H,2-3,5-6H2,(H,14,15,16). The van der Waals surface area contributed by atoms with Crippen molar-refractivity contribution in [2.24, 2.45) is 0 Å². The number of ether oxygens (including phenoxy) is 1. The maximum Gasteiger partial charge on any atom is 0.433 e. The fraction of sp³-hybridized carbons (Fsp3) is 0.600. The lowest BCUT2D eigenvalue weighted by atomic mass is 10.1. The van der Waals surface area contributed by atoms with Gasteiger partial charge in [0.1, 0.15) is 5.69 Å². The van der Waals surface area contributed by atoms with E-state index in [1.54, 1.807) is 0 Å². The van der Waals surface area contributed by atoms with Gasteiger partial charge in [-0.3, -0.25) is 0 Å². The topological polar surface area (TPSA) is 47.0 Å². The molecule has 0 amide bonds. The van der Waals surface area contributed by atoms with Crippen molar-refractivity contribution >= 4 is 5.95 Å². The van der Waals surface area contributed by atoms with Crippen LogP contribution in [0, 0.1) is 0 Å². The van der Waals surface area contributed by atoms with E-state index in [0.29, 0.717) is 13.2 Å². The molecule has 1 aliphatic heterocycles. The Kier molecular flexibility index (Phi) is 3.46. The summed E-state index contributed by atoms with van der Waals surface area (Å²) in [7, 11) is 0. The van der Waals surface area contributed by atoms with Gasteiger partial charge in [0.25, 0.3) is 0 Å². The highest BCUT2D eigenvalue weighted by Crippen LogP contribution is 2.27. The van der Waals surface area contributed by atoms with Gasteiger partial charge in [-0.1, -0.05) is 0 Å². The average Bonchev–Trinajstić information content (AvgIpc) is 2.29. The summed E-state index contributed by atoms with van der Waals surface area (Å²) in [5.41, 5.74) is -0.929. The Hall–Kier alpha value is -1.37. The van der Waals surface area contributed by atoms with Crippen LogP contribution >= 0.6 is 0 Å². The van der Waals surface area contributed by atoms with E-state index >= 15 is 0 Å². The van der Waals surface area contributed by atoms with Gasteiger partial charge < -0.3 is 10.1 Å². The lowest BCUT2D eigenvalue weighted by Crippen LogP contribution is -2.29. The molecule has 0 aliphatic carbocycles. The molecule has 7 heteroatoms. The van der Waals surface area contributed by atoms with E-state index in [-0.39, 0.29) is 12.0 Å². The summed E-state index contributed by atoms with van der Waals surface area (Å²) in [6.07, 6.45) is -1.83. The van der Waals surface area contributed by atoms with E-state index in [1.807, 2.05) is 0 Å². The van der Waals surface area contributed by atoms with Crippen molar-refractivity contribution < 1.29 is 17.9 Å². The fourth-order valence-electron chi connectivity index (χ4n) is 1.61. The predicted octanol–water partition coefficient (Wildman–Crippen LogP) is 2.09. The lowest BCUT2D eigenvalue weighted by Gasteiger charge is -2.23. The summed E-state index contributed by atoms with van der Waals surface area (Å²) in [6, 6.07) is 0.932. The number of hydrogen-bond donors (Lipinski definition) is 1. The summed E-state index contributed by atoms with van der Waals surface area (Å²) in [4.78, 5) is 7.23. The molecular formula is C10H12F3N3O. The van der Waals surface area contributed by atoms with Crippen LogP contribution in [0.1, 0.15) is 18.5 Å². The molecule has 1 aliphatic rings. The molecule has 17 heavy (non-hydrogen) atoms. The molecule has 0 bridgehead atoms. The highest BCUT2D eigenvalue weighted by atomic mass is 19.4. The predicted molar refractivity (Wildman–Crippen MR) is 54.5 cm³/mol. The van der Waals surface area contributed by atoms with Gasteiger partial charge >= 0.3 is 6.18 Å². The molecule has 1 aromatic heterocycles. The Bertz CT molecular complexity index is 377. The molecule has 4 nitrogen and oxygen atoms in total. The van der Waals surface area contributed by atoms with Crippen LogP contribution in [0.25, 0.3) is 0 Å². The number of nitrogens with zero attached hydrogens (tertiary/aromatic N) is 2. The van der Waals surface area contributed by atoms with E-state index in [4.69, 9.17) is 4.74 Å². The van der Waals surface area contributed by atoms with Gasteiger partial charge in [0, 0.05) is 25.5 Å². The molecule has 1 fully saturated rings. The lowest BCUT2D eigenvalue weighted by molar-refractivity contribution is -0.141. The monoisotopic (exact) mass is 247 g/mol. The number of hydrogen-bond acceptors (Lipinski definition) is 4. The highest BCUT2D eigenvalue weighted by molar-refractivity contribution is 5.27. The van der Waals surface area contributed by atoms with Crippen LogP contribution in [-0.2, 0) is 10.9 Å². The van der Waals surface area contributed by atoms with Gasteiger partial charge in [-0.15, -0.1) is 0 Å². The fourth-order valence-corrected chi connectivity index (χ4v) is 1.61. The number of alkyl halides is 3. The van der Waals surface area contributed by atoms with Crippen molar-refractivity contribution in [2.75, 3.05) is 18.5 Å². The van der Waals surface area contributed by atoms with E-state index < -0.39 is 11.9 Å². The maximum atomic E-state index is 12.4. The number of aromatic nitrogens is 2. The van der Waals surface area contributed by atoms with E-state index in [0.717, 1.165) is 25.1 Å². The third-order valence-corrected chi connectivity index (χ3v) is 2.50. The number of nitrogens with one attached hydrogen (secondary N) is 1. The van der Waals surface area contributed by atoms with E-state index in [9.17, 15) is 13.2 Å². The normalized spacial score (nSPS) is 18.1. The minimum absolute atomic E-state index is 0.0201. The van der Waals surface area contributed by atoms with Gasteiger partial charge in [0.05, 0.1) is 0 Å². The Morgan fingerprint density at radius 1 is 1.29 bits per heavy atom. The second kappa shape index (κ2) is 4.87. The zero-order valence-corrected chi connectivity index (χ0v) is 9.00. The summed E-state index contributed by atoms with van der Waals surface area (Å²) in [5.74, 6) is 0.0201. The molecule has 1 N–H and O–H groups in total. The molecule has 2 heterocycles. The second-order valence-electron chi connectivity index (χ2n) is 3.79. The Morgan fingerprint density at radius 2 is 2.00 bits per heavy atom. The summed E-state index contributed by atoms with van der Waals surface area (Å²) in [5, 5.41) is 2.89. The molecular weight excluding hydrogens is 235 g/mol.